The number of carbonyl (C=O) groups is 1. The number of carboxylic acid groups (broad SMARTS) is 1. The van der Waals surface area contributed by atoms with E-state index in [9.17, 15) is 36.2 Å². The second kappa shape index (κ2) is 6.66. The van der Waals surface area contributed by atoms with Crippen molar-refractivity contribution in [3.8, 4) is 0 Å². The highest BCUT2D eigenvalue weighted by Crippen LogP contribution is 2.33. The number of rotatable bonds is 4. The number of benzene rings is 2. The summed E-state index contributed by atoms with van der Waals surface area (Å²) < 4.78 is 75.8. The van der Waals surface area contributed by atoms with Crippen molar-refractivity contribution < 1.29 is 36.2 Å². The highest BCUT2D eigenvalue weighted by molar-refractivity contribution is 5.79. The predicted molar refractivity (Wildman–Crippen MR) is 76.9 cm³/mol. The maximum Gasteiger partial charge on any atom is 0.416 e. The van der Waals surface area contributed by atoms with Crippen molar-refractivity contribution in [1.82, 2.24) is 0 Å². The van der Waals surface area contributed by atoms with Gasteiger partial charge in [-0.15, -0.1) is 0 Å². The molecule has 0 aromatic heterocycles. The summed E-state index contributed by atoms with van der Waals surface area (Å²) >= 11 is 0. The van der Waals surface area contributed by atoms with Gasteiger partial charge >= 0.3 is 18.3 Å². The Bertz CT molecular complexity index is 752. The fourth-order valence-corrected chi connectivity index (χ4v) is 2.10. The van der Waals surface area contributed by atoms with Crippen LogP contribution in [0.2, 0.25) is 0 Å². The molecule has 2 aromatic rings. The van der Waals surface area contributed by atoms with Crippen LogP contribution in [0.5, 0.6) is 0 Å². The first-order chi connectivity index (χ1) is 11.5. The van der Waals surface area contributed by atoms with E-state index in [1.165, 1.54) is 6.07 Å². The van der Waals surface area contributed by atoms with Crippen LogP contribution >= 0.6 is 0 Å². The molecular weight excluding hydrogens is 352 g/mol. The third kappa shape index (κ3) is 4.65. The number of alkyl halides is 6. The number of aliphatic carboxylic acids is 1. The summed E-state index contributed by atoms with van der Waals surface area (Å²) in [6.07, 6.45) is -9.20. The van der Waals surface area contributed by atoms with E-state index in [4.69, 9.17) is 0 Å². The van der Waals surface area contributed by atoms with Crippen LogP contribution in [0.1, 0.15) is 22.7 Å². The van der Waals surface area contributed by atoms with Gasteiger partial charge in [0.2, 0.25) is 0 Å². The molecule has 0 amide bonds. The average molecular weight is 363 g/mol. The second-order valence-corrected chi connectivity index (χ2v) is 5.11. The first-order valence-corrected chi connectivity index (χ1v) is 6.82. The maximum absolute atomic E-state index is 12.7. The zero-order chi connectivity index (χ0) is 18.8. The number of halogens is 6. The molecule has 0 bridgehead atoms. The SMILES string of the molecule is O=C(O)C(Nc1ccc(C(F)(F)F)cc1)c1cccc(C(F)(F)F)c1. The number of hydrogen-bond acceptors (Lipinski definition) is 2. The molecule has 0 saturated heterocycles. The van der Waals surface area contributed by atoms with Crippen molar-refractivity contribution in [2.45, 2.75) is 18.4 Å². The van der Waals surface area contributed by atoms with E-state index < -0.39 is 35.5 Å². The molecule has 0 aliphatic rings. The lowest BCUT2D eigenvalue weighted by Gasteiger charge is -2.18. The summed E-state index contributed by atoms with van der Waals surface area (Å²) in [4.78, 5) is 11.4. The quantitative estimate of drug-likeness (QED) is 0.755. The van der Waals surface area contributed by atoms with Gasteiger partial charge in [0.15, 0.2) is 6.04 Å². The Labute approximate surface area is 137 Å². The van der Waals surface area contributed by atoms with Crippen LogP contribution in [-0.2, 0) is 17.1 Å². The molecule has 25 heavy (non-hydrogen) atoms. The highest BCUT2D eigenvalue weighted by atomic mass is 19.4. The molecular formula is C16H11F6NO2. The highest BCUT2D eigenvalue weighted by Gasteiger charge is 2.32. The maximum atomic E-state index is 12.7. The number of carboxylic acids is 1. The van der Waals surface area contributed by atoms with E-state index in [0.717, 1.165) is 36.4 Å². The van der Waals surface area contributed by atoms with Gasteiger partial charge in [-0.1, -0.05) is 12.1 Å². The van der Waals surface area contributed by atoms with Gasteiger partial charge in [0, 0.05) is 5.69 Å². The van der Waals surface area contributed by atoms with Crippen molar-refractivity contribution >= 4 is 11.7 Å². The molecule has 0 spiro atoms. The minimum atomic E-state index is -4.65. The van der Waals surface area contributed by atoms with Crippen LogP contribution in [-0.4, -0.2) is 11.1 Å². The average Bonchev–Trinajstić information content (AvgIpc) is 2.51. The zero-order valence-electron chi connectivity index (χ0n) is 12.3. The molecule has 1 atom stereocenters. The Morgan fingerprint density at radius 2 is 1.44 bits per heavy atom. The Kier molecular flexibility index (Phi) is 4.96. The molecule has 2 N–H and O–H groups in total. The van der Waals surface area contributed by atoms with Crippen LogP contribution in [0.25, 0.3) is 0 Å². The van der Waals surface area contributed by atoms with Gasteiger partial charge < -0.3 is 10.4 Å². The molecule has 0 aliphatic heterocycles. The summed E-state index contributed by atoms with van der Waals surface area (Å²) in [6.45, 7) is 0. The molecule has 1 unspecified atom stereocenters. The lowest BCUT2D eigenvalue weighted by atomic mass is 10.0. The van der Waals surface area contributed by atoms with Gasteiger partial charge in [-0.05, 0) is 42.0 Å². The van der Waals surface area contributed by atoms with E-state index in [-0.39, 0.29) is 11.3 Å². The third-order valence-electron chi connectivity index (χ3n) is 3.32. The summed E-state index contributed by atoms with van der Waals surface area (Å²) in [5.74, 6) is -1.47. The van der Waals surface area contributed by atoms with E-state index in [1.54, 1.807) is 0 Å². The fourth-order valence-electron chi connectivity index (χ4n) is 2.10. The van der Waals surface area contributed by atoms with E-state index in [0.29, 0.717) is 6.07 Å². The molecule has 3 nitrogen and oxygen atoms in total. The van der Waals surface area contributed by atoms with Crippen LogP contribution in [0.4, 0.5) is 32.0 Å². The third-order valence-corrected chi connectivity index (χ3v) is 3.32. The molecule has 134 valence electrons. The zero-order valence-corrected chi connectivity index (χ0v) is 12.3. The number of nitrogens with one attached hydrogen (secondary N) is 1. The molecule has 2 aromatic carbocycles. The summed E-state index contributed by atoms with van der Waals surface area (Å²) in [6, 6.07) is 5.66. The largest absolute Gasteiger partial charge is 0.479 e. The van der Waals surface area contributed by atoms with Gasteiger partial charge in [-0.25, -0.2) is 4.79 Å². The van der Waals surface area contributed by atoms with E-state index in [1.807, 2.05) is 0 Å². The van der Waals surface area contributed by atoms with E-state index in [2.05, 4.69) is 5.32 Å². The molecule has 0 radical (unpaired) electrons. The molecule has 0 heterocycles. The first kappa shape index (κ1) is 18.6. The lowest BCUT2D eigenvalue weighted by molar-refractivity contribution is -0.139. The van der Waals surface area contributed by atoms with Crippen molar-refractivity contribution in [1.29, 1.82) is 0 Å². The first-order valence-electron chi connectivity index (χ1n) is 6.82. The molecule has 2 rings (SSSR count). The van der Waals surface area contributed by atoms with Gasteiger partial charge in [-0.3, -0.25) is 0 Å². The van der Waals surface area contributed by atoms with Crippen molar-refractivity contribution in [3.05, 3.63) is 65.2 Å². The predicted octanol–water partition coefficient (Wildman–Crippen LogP) is 4.96. The van der Waals surface area contributed by atoms with Crippen LogP contribution in [0, 0.1) is 0 Å². The minimum Gasteiger partial charge on any atom is -0.479 e. The van der Waals surface area contributed by atoms with Crippen molar-refractivity contribution in [2.24, 2.45) is 0 Å². The molecule has 0 saturated carbocycles. The number of anilines is 1. The van der Waals surface area contributed by atoms with Crippen LogP contribution < -0.4 is 5.32 Å². The summed E-state index contributed by atoms with van der Waals surface area (Å²) in [5.41, 5.74) is -2.10. The Morgan fingerprint density at radius 3 is 1.92 bits per heavy atom. The topological polar surface area (TPSA) is 49.3 Å². The van der Waals surface area contributed by atoms with Gasteiger partial charge in [0.25, 0.3) is 0 Å². The normalized spacial score (nSPS) is 13.4. The van der Waals surface area contributed by atoms with Crippen LogP contribution in [0.3, 0.4) is 0 Å². The summed E-state index contributed by atoms with van der Waals surface area (Å²) in [7, 11) is 0. The van der Waals surface area contributed by atoms with Crippen molar-refractivity contribution in [2.75, 3.05) is 5.32 Å². The Morgan fingerprint density at radius 1 is 0.880 bits per heavy atom. The van der Waals surface area contributed by atoms with Gasteiger partial charge in [-0.2, -0.15) is 26.3 Å². The van der Waals surface area contributed by atoms with E-state index >= 15 is 0 Å². The molecule has 9 heteroatoms. The second-order valence-electron chi connectivity index (χ2n) is 5.11. The molecule has 0 aliphatic carbocycles. The minimum absolute atomic E-state index is 0.0258. The monoisotopic (exact) mass is 363 g/mol. The Hall–Kier alpha value is -2.71. The lowest BCUT2D eigenvalue weighted by Crippen LogP contribution is -2.21. The van der Waals surface area contributed by atoms with Crippen molar-refractivity contribution in [3.63, 3.8) is 0 Å². The fraction of sp³-hybridized carbons (Fsp3) is 0.188. The smallest absolute Gasteiger partial charge is 0.416 e. The van der Waals surface area contributed by atoms with Crippen LogP contribution in [0.15, 0.2) is 48.5 Å². The van der Waals surface area contributed by atoms with Gasteiger partial charge in [0.05, 0.1) is 11.1 Å². The summed E-state index contributed by atoms with van der Waals surface area (Å²) in [5, 5.41) is 11.7. The standard InChI is InChI=1S/C16H11F6NO2/c17-15(18,19)10-4-6-12(7-5-10)23-13(14(24)25)9-2-1-3-11(8-9)16(20,21)22/h1-8,13,23H,(H,24,25). The molecule has 0 fully saturated rings. The number of hydrogen-bond donors (Lipinski definition) is 2. The Balaban J connectivity index is 2.29. The van der Waals surface area contributed by atoms with Gasteiger partial charge in [0.1, 0.15) is 0 Å².